The van der Waals surface area contributed by atoms with Gasteiger partial charge in [-0.2, -0.15) is 0 Å². The van der Waals surface area contributed by atoms with Crippen LogP contribution in [0.25, 0.3) is 0 Å². The highest BCUT2D eigenvalue weighted by atomic mass is 127. The summed E-state index contributed by atoms with van der Waals surface area (Å²) in [4.78, 5) is 11.8. The molecule has 86 valence electrons. The number of nitrogens with one attached hydrogen (secondary N) is 1. The van der Waals surface area contributed by atoms with Crippen molar-refractivity contribution in [2.24, 2.45) is 5.41 Å². The van der Waals surface area contributed by atoms with Gasteiger partial charge in [0.15, 0.2) is 0 Å². The van der Waals surface area contributed by atoms with Crippen LogP contribution >= 0.6 is 22.6 Å². The van der Waals surface area contributed by atoms with E-state index in [9.17, 15) is 4.79 Å². The van der Waals surface area contributed by atoms with Gasteiger partial charge in [-0.25, -0.2) is 0 Å². The minimum atomic E-state index is -0.00970. The van der Waals surface area contributed by atoms with Gasteiger partial charge in [-0.05, 0) is 46.9 Å². The number of carbonyl (C=O) groups excluding carboxylic acids is 1. The van der Waals surface area contributed by atoms with Crippen molar-refractivity contribution in [3.05, 3.63) is 33.4 Å². The highest BCUT2D eigenvalue weighted by Crippen LogP contribution is 2.25. The Balaban J connectivity index is 1.90. The molecule has 0 atom stereocenters. The normalized spacial score (nSPS) is 17.6. The Morgan fingerprint density at radius 3 is 2.56 bits per heavy atom. The molecule has 0 saturated carbocycles. The van der Waals surface area contributed by atoms with Crippen LogP contribution in [0.3, 0.4) is 0 Å². The summed E-state index contributed by atoms with van der Waals surface area (Å²) in [5.74, 6) is -0.00970. The first-order valence-corrected chi connectivity index (χ1v) is 6.28. The smallest absolute Gasteiger partial charge is 0.251 e. The second kappa shape index (κ2) is 4.71. The van der Waals surface area contributed by atoms with Crippen molar-refractivity contribution in [3.63, 3.8) is 0 Å². The van der Waals surface area contributed by atoms with E-state index in [1.54, 1.807) is 0 Å². The maximum Gasteiger partial charge on any atom is 0.251 e. The molecule has 0 aliphatic carbocycles. The van der Waals surface area contributed by atoms with Gasteiger partial charge >= 0.3 is 0 Å². The maximum atomic E-state index is 11.8. The fourth-order valence-electron chi connectivity index (χ4n) is 1.55. The lowest BCUT2D eigenvalue weighted by Crippen LogP contribution is -2.48. The lowest BCUT2D eigenvalue weighted by atomic mass is 9.89. The number of benzene rings is 1. The average Bonchev–Trinajstić information content (AvgIpc) is 2.24. The van der Waals surface area contributed by atoms with E-state index >= 15 is 0 Å². The van der Waals surface area contributed by atoms with Crippen LogP contribution in [-0.2, 0) is 4.74 Å². The van der Waals surface area contributed by atoms with Gasteiger partial charge in [0.25, 0.3) is 5.91 Å². The molecule has 1 aliphatic heterocycles. The second-order valence-corrected chi connectivity index (χ2v) is 5.74. The maximum absolute atomic E-state index is 11.8. The predicted octanol–water partition coefficient (Wildman–Crippen LogP) is 2.06. The molecule has 0 aromatic heterocycles. The minimum absolute atomic E-state index is 0.00970. The summed E-state index contributed by atoms with van der Waals surface area (Å²) in [6.07, 6.45) is 0. The monoisotopic (exact) mass is 331 g/mol. The van der Waals surface area contributed by atoms with Crippen molar-refractivity contribution < 1.29 is 9.53 Å². The van der Waals surface area contributed by atoms with Gasteiger partial charge in [-0.15, -0.1) is 0 Å². The summed E-state index contributed by atoms with van der Waals surface area (Å²) < 4.78 is 6.27. The van der Waals surface area contributed by atoms with Crippen LogP contribution < -0.4 is 5.32 Å². The number of ether oxygens (including phenoxy) is 1. The molecule has 16 heavy (non-hydrogen) atoms. The molecule has 1 aromatic rings. The Kier molecular flexibility index (Phi) is 3.49. The van der Waals surface area contributed by atoms with E-state index in [4.69, 9.17) is 4.74 Å². The highest BCUT2D eigenvalue weighted by molar-refractivity contribution is 14.1. The van der Waals surface area contributed by atoms with Gasteiger partial charge < -0.3 is 10.1 Å². The molecule has 1 saturated heterocycles. The molecule has 1 N–H and O–H groups in total. The SMILES string of the molecule is CC1(CNC(=O)c2ccc(I)cc2)COC1. The van der Waals surface area contributed by atoms with Crippen LogP contribution in [0, 0.1) is 8.99 Å². The van der Waals surface area contributed by atoms with Crippen LogP contribution in [0.1, 0.15) is 17.3 Å². The van der Waals surface area contributed by atoms with Crippen molar-refractivity contribution in [2.75, 3.05) is 19.8 Å². The number of rotatable bonds is 3. The molecule has 0 bridgehead atoms. The van der Waals surface area contributed by atoms with Crippen molar-refractivity contribution in [3.8, 4) is 0 Å². The van der Waals surface area contributed by atoms with Crippen LogP contribution in [0.5, 0.6) is 0 Å². The Morgan fingerprint density at radius 2 is 2.06 bits per heavy atom. The van der Waals surface area contributed by atoms with Crippen molar-refractivity contribution in [1.82, 2.24) is 5.32 Å². The fraction of sp³-hybridized carbons (Fsp3) is 0.417. The lowest BCUT2D eigenvalue weighted by Gasteiger charge is -2.38. The van der Waals surface area contributed by atoms with Gasteiger partial charge in [-0.1, -0.05) is 6.92 Å². The summed E-state index contributed by atoms with van der Waals surface area (Å²) in [5, 5.41) is 2.94. The van der Waals surface area contributed by atoms with Crippen LogP contribution in [0.4, 0.5) is 0 Å². The van der Waals surface area contributed by atoms with Crippen molar-refractivity contribution >= 4 is 28.5 Å². The van der Waals surface area contributed by atoms with Gasteiger partial charge in [0.05, 0.1) is 13.2 Å². The van der Waals surface area contributed by atoms with Gasteiger partial charge in [0.2, 0.25) is 0 Å². The van der Waals surface area contributed by atoms with E-state index in [0.29, 0.717) is 12.1 Å². The first-order valence-electron chi connectivity index (χ1n) is 5.21. The number of carbonyl (C=O) groups is 1. The van der Waals surface area contributed by atoms with Crippen molar-refractivity contribution in [1.29, 1.82) is 0 Å². The summed E-state index contributed by atoms with van der Waals surface area (Å²) >= 11 is 2.22. The van der Waals surface area contributed by atoms with E-state index in [1.165, 1.54) is 0 Å². The fourth-order valence-corrected chi connectivity index (χ4v) is 1.91. The topological polar surface area (TPSA) is 38.3 Å². The molecule has 0 unspecified atom stereocenters. The zero-order chi connectivity index (χ0) is 11.6. The Morgan fingerprint density at radius 1 is 1.44 bits per heavy atom. The third-order valence-corrected chi connectivity index (χ3v) is 3.40. The summed E-state index contributed by atoms with van der Waals surface area (Å²) in [6.45, 7) is 4.27. The summed E-state index contributed by atoms with van der Waals surface area (Å²) in [5.41, 5.74) is 0.836. The van der Waals surface area contributed by atoms with E-state index < -0.39 is 0 Å². The summed E-state index contributed by atoms with van der Waals surface area (Å²) in [6, 6.07) is 7.56. The second-order valence-electron chi connectivity index (χ2n) is 4.49. The molecule has 1 amide bonds. The average molecular weight is 331 g/mol. The number of halogens is 1. The molecule has 2 rings (SSSR count). The zero-order valence-corrected chi connectivity index (χ0v) is 11.3. The standard InChI is InChI=1S/C12H14INO2/c1-12(7-16-8-12)6-14-11(15)9-2-4-10(13)5-3-9/h2-5H,6-8H2,1H3,(H,14,15). The number of hydrogen-bond donors (Lipinski definition) is 1. The molecule has 1 fully saturated rings. The van der Waals surface area contributed by atoms with E-state index in [-0.39, 0.29) is 11.3 Å². The minimum Gasteiger partial charge on any atom is -0.380 e. The van der Waals surface area contributed by atoms with E-state index in [0.717, 1.165) is 16.8 Å². The van der Waals surface area contributed by atoms with Gasteiger partial charge in [-0.3, -0.25) is 4.79 Å². The largest absolute Gasteiger partial charge is 0.380 e. The molecule has 1 heterocycles. The number of amides is 1. The third kappa shape index (κ3) is 2.74. The molecule has 0 spiro atoms. The Bertz CT molecular complexity index is 385. The molecule has 1 aromatic carbocycles. The molecule has 0 radical (unpaired) electrons. The molecular weight excluding hydrogens is 317 g/mol. The third-order valence-electron chi connectivity index (χ3n) is 2.68. The quantitative estimate of drug-likeness (QED) is 0.861. The molecule has 3 nitrogen and oxygen atoms in total. The zero-order valence-electron chi connectivity index (χ0n) is 9.13. The number of hydrogen-bond acceptors (Lipinski definition) is 2. The van der Waals surface area contributed by atoms with Crippen LogP contribution in [0.15, 0.2) is 24.3 Å². The first kappa shape index (κ1) is 11.9. The highest BCUT2D eigenvalue weighted by Gasteiger charge is 2.33. The van der Waals surface area contributed by atoms with Crippen LogP contribution in [0.2, 0.25) is 0 Å². The summed E-state index contributed by atoms with van der Waals surface area (Å²) in [7, 11) is 0. The molecular formula is C12H14INO2. The van der Waals surface area contributed by atoms with E-state index in [1.807, 2.05) is 24.3 Å². The van der Waals surface area contributed by atoms with Gasteiger partial charge in [0.1, 0.15) is 0 Å². The van der Waals surface area contributed by atoms with E-state index in [2.05, 4.69) is 34.8 Å². The lowest BCUT2D eigenvalue weighted by molar-refractivity contribution is -0.0978. The van der Waals surface area contributed by atoms with Crippen molar-refractivity contribution in [2.45, 2.75) is 6.92 Å². The Hall–Kier alpha value is -0.620. The first-order chi connectivity index (χ1) is 7.59. The molecule has 4 heteroatoms. The predicted molar refractivity (Wildman–Crippen MR) is 70.4 cm³/mol. The molecule has 1 aliphatic rings. The Labute approximate surface area is 109 Å². The van der Waals surface area contributed by atoms with Gasteiger partial charge in [0, 0.05) is 21.1 Å². The van der Waals surface area contributed by atoms with Crippen LogP contribution in [-0.4, -0.2) is 25.7 Å².